The molecule has 1 heteroatoms. The van der Waals surface area contributed by atoms with Crippen LogP contribution in [0.2, 0.25) is 0 Å². The SMILES string of the molecule is C/C=C(\C)Nc1cccc(C)c1. The standard InChI is InChI=1S/C11H15N/c1-4-10(3)12-11-7-5-6-9(2)8-11/h4-8,12H,1-3H3/b10-4+. The van der Waals surface area contributed by atoms with Gasteiger partial charge in [0.15, 0.2) is 0 Å². The van der Waals surface area contributed by atoms with Crippen molar-refractivity contribution in [1.82, 2.24) is 0 Å². The van der Waals surface area contributed by atoms with Crippen molar-refractivity contribution >= 4 is 5.69 Å². The van der Waals surface area contributed by atoms with Crippen molar-refractivity contribution in [2.24, 2.45) is 0 Å². The first kappa shape index (κ1) is 8.85. The summed E-state index contributed by atoms with van der Waals surface area (Å²) in [5.74, 6) is 0. The summed E-state index contributed by atoms with van der Waals surface area (Å²) in [6, 6.07) is 8.35. The topological polar surface area (TPSA) is 12.0 Å². The maximum Gasteiger partial charge on any atom is 0.0384 e. The van der Waals surface area contributed by atoms with Crippen LogP contribution < -0.4 is 5.32 Å². The van der Waals surface area contributed by atoms with E-state index in [4.69, 9.17) is 0 Å². The molecular weight excluding hydrogens is 146 g/mol. The Morgan fingerprint density at radius 1 is 1.42 bits per heavy atom. The van der Waals surface area contributed by atoms with E-state index in [1.807, 2.05) is 6.92 Å². The zero-order chi connectivity index (χ0) is 8.97. The molecule has 0 aliphatic carbocycles. The Morgan fingerprint density at radius 2 is 2.17 bits per heavy atom. The molecular formula is C11H15N. The molecule has 0 aromatic heterocycles. The molecule has 1 rings (SSSR count). The van der Waals surface area contributed by atoms with Crippen LogP contribution in [0.5, 0.6) is 0 Å². The third-order valence-electron chi connectivity index (χ3n) is 1.79. The molecule has 0 fully saturated rings. The lowest BCUT2D eigenvalue weighted by molar-refractivity contribution is 1.34. The fraction of sp³-hybridized carbons (Fsp3) is 0.273. The second kappa shape index (κ2) is 3.96. The number of hydrogen-bond acceptors (Lipinski definition) is 1. The van der Waals surface area contributed by atoms with Crippen molar-refractivity contribution in [2.75, 3.05) is 5.32 Å². The highest BCUT2D eigenvalue weighted by Gasteiger charge is 1.90. The number of allylic oxidation sites excluding steroid dienone is 2. The van der Waals surface area contributed by atoms with Gasteiger partial charge in [-0.15, -0.1) is 0 Å². The Hall–Kier alpha value is -1.24. The van der Waals surface area contributed by atoms with Crippen LogP contribution in [0.1, 0.15) is 19.4 Å². The smallest absolute Gasteiger partial charge is 0.0384 e. The van der Waals surface area contributed by atoms with Gasteiger partial charge in [-0.3, -0.25) is 0 Å². The van der Waals surface area contributed by atoms with E-state index in [9.17, 15) is 0 Å². The Bertz CT molecular complexity index is 287. The zero-order valence-electron chi connectivity index (χ0n) is 7.89. The number of rotatable bonds is 2. The summed E-state index contributed by atoms with van der Waals surface area (Å²) in [5, 5.41) is 3.29. The molecule has 0 saturated heterocycles. The van der Waals surface area contributed by atoms with E-state index in [1.54, 1.807) is 0 Å². The Morgan fingerprint density at radius 3 is 2.75 bits per heavy atom. The largest absolute Gasteiger partial charge is 0.359 e. The first-order valence-electron chi connectivity index (χ1n) is 4.19. The second-order valence-corrected chi connectivity index (χ2v) is 2.97. The molecule has 1 nitrogen and oxygen atoms in total. The first-order chi connectivity index (χ1) is 5.72. The Labute approximate surface area is 74.1 Å². The summed E-state index contributed by atoms with van der Waals surface area (Å²) in [5.41, 5.74) is 3.62. The molecule has 0 spiro atoms. The van der Waals surface area contributed by atoms with Crippen LogP contribution in [0.4, 0.5) is 5.69 Å². The summed E-state index contributed by atoms with van der Waals surface area (Å²) in [4.78, 5) is 0. The van der Waals surface area contributed by atoms with E-state index in [2.05, 4.69) is 49.5 Å². The third-order valence-corrected chi connectivity index (χ3v) is 1.79. The predicted molar refractivity (Wildman–Crippen MR) is 54.2 cm³/mol. The van der Waals surface area contributed by atoms with Gasteiger partial charge < -0.3 is 5.32 Å². The van der Waals surface area contributed by atoms with Gasteiger partial charge in [0.05, 0.1) is 0 Å². The van der Waals surface area contributed by atoms with Gasteiger partial charge in [0.25, 0.3) is 0 Å². The van der Waals surface area contributed by atoms with E-state index in [1.165, 1.54) is 11.3 Å². The summed E-state index contributed by atoms with van der Waals surface area (Å²) >= 11 is 0. The van der Waals surface area contributed by atoms with E-state index in [0.29, 0.717) is 0 Å². The monoisotopic (exact) mass is 161 g/mol. The van der Waals surface area contributed by atoms with Crippen molar-refractivity contribution < 1.29 is 0 Å². The number of aryl methyl sites for hydroxylation is 1. The Kier molecular flexibility index (Phi) is 2.92. The van der Waals surface area contributed by atoms with Crippen LogP contribution in [-0.4, -0.2) is 0 Å². The number of hydrogen-bond donors (Lipinski definition) is 1. The van der Waals surface area contributed by atoms with Crippen LogP contribution in [0.25, 0.3) is 0 Å². The molecule has 0 amide bonds. The van der Waals surface area contributed by atoms with Gasteiger partial charge in [-0.2, -0.15) is 0 Å². The third kappa shape index (κ3) is 2.42. The molecule has 0 atom stereocenters. The van der Waals surface area contributed by atoms with Gasteiger partial charge in [-0.1, -0.05) is 18.2 Å². The van der Waals surface area contributed by atoms with E-state index >= 15 is 0 Å². The van der Waals surface area contributed by atoms with Crippen LogP contribution in [-0.2, 0) is 0 Å². The van der Waals surface area contributed by atoms with Crippen molar-refractivity contribution in [1.29, 1.82) is 0 Å². The number of nitrogens with one attached hydrogen (secondary N) is 1. The fourth-order valence-electron chi connectivity index (χ4n) is 1.02. The van der Waals surface area contributed by atoms with Crippen LogP contribution in [0.3, 0.4) is 0 Å². The fourth-order valence-corrected chi connectivity index (χ4v) is 1.02. The molecule has 0 aliphatic heterocycles. The molecule has 1 aromatic rings. The Balaban J connectivity index is 2.76. The lowest BCUT2D eigenvalue weighted by atomic mass is 10.2. The summed E-state index contributed by atoms with van der Waals surface area (Å²) in [6.07, 6.45) is 2.06. The highest BCUT2D eigenvalue weighted by atomic mass is 14.9. The van der Waals surface area contributed by atoms with Crippen molar-refractivity contribution in [3.05, 3.63) is 41.6 Å². The minimum atomic E-state index is 1.16. The molecule has 0 saturated carbocycles. The van der Waals surface area contributed by atoms with E-state index in [-0.39, 0.29) is 0 Å². The molecule has 1 N–H and O–H groups in total. The quantitative estimate of drug-likeness (QED) is 0.701. The van der Waals surface area contributed by atoms with Crippen LogP contribution in [0.15, 0.2) is 36.0 Å². The lowest BCUT2D eigenvalue weighted by Crippen LogP contribution is -1.94. The maximum absolute atomic E-state index is 3.29. The van der Waals surface area contributed by atoms with Gasteiger partial charge in [0, 0.05) is 11.4 Å². The van der Waals surface area contributed by atoms with Crippen molar-refractivity contribution in [2.45, 2.75) is 20.8 Å². The van der Waals surface area contributed by atoms with Gasteiger partial charge in [0.1, 0.15) is 0 Å². The molecule has 0 unspecified atom stereocenters. The molecule has 1 aromatic carbocycles. The maximum atomic E-state index is 3.29. The molecule has 0 aliphatic rings. The van der Waals surface area contributed by atoms with Gasteiger partial charge >= 0.3 is 0 Å². The van der Waals surface area contributed by atoms with Gasteiger partial charge in [-0.05, 0) is 38.5 Å². The summed E-state index contributed by atoms with van der Waals surface area (Å²) in [7, 11) is 0. The van der Waals surface area contributed by atoms with Crippen LogP contribution >= 0.6 is 0 Å². The number of benzene rings is 1. The average molecular weight is 161 g/mol. The van der Waals surface area contributed by atoms with E-state index < -0.39 is 0 Å². The zero-order valence-corrected chi connectivity index (χ0v) is 7.89. The van der Waals surface area contributed by atoms with E-state index in [0.717, 1.165) is 5.69 Å². The molecule has 12 heavy (non-hydrogen) atoms. The molecule has 0 bridgehead atoms. The first-order valence-corrected chi connectivity index (χ1v) is 4.19. The second-order valence-electron chi connectivity index (χ2n) is 2.97. The van der Waals surface area contributed by atoms with Crippen molar-refractivity contribution in [3.8, 4) is 0 Å². The minimum Gasteiger partial charge on any atom is -0.359 e. The predicted octanol–water partition coefficient (Wildman–Crippen LogP) is 3.33. The number of anilines is 1. The highest BCUT2D eigenvalue weighted by molar-refractivity contribution is 5.49. The minimum absolute atomic E-state index is 1.16. The molecule has 0 heterocycles. The van der Waals surface area contributed by atoms with Gasteiger partial charge in [0.2, 0.25) is 0 Å². The summed E-state index contributed by atoms with van der Waals surface area (Å²) in [6.45, 7) is 6.18. The highest BCUT2D eigenvalue weighted by Crippen LogP contribution is 2.11. The normalized spacial score (nSPS) is 11.4. The lowest BCUT2D eigenvalue weighted by Gasteiger charge is -2.05. The van der Waals surface area contributed by atoms with Gasteiger partial charge in [-0.25, -0.2) is 0 Å². The van der Waals surface area contributed by atoms with Crippen molar-refractivity contribution in [3.63, 3.8) is 0 Å². The average Bonchev–Trinajstić information content (AvgIpc) is 2.04. The summed E-state index contributed by atoms with van der Waals surface area (Å²) < 4.78 is 0. The van der Waals surface area contributed by atoms with Crippen LogP contribution in [0, 0.1) is 6.92 Å². The molecule has 0 radical (unpaired) electrons. The molecule has 64 valence electrons.